The van der Waals surface area contributed by atoms with Crippen molar-refractivity contribution in [3.05, 3.63) is 75.2 Å². The molecule has 0 saturated carbocycles. The maximum absolute atomic E-state index is 13.4. The van der Waals surface area contributed by atoms with Crippen LogP contribution in [0.1, 0.15) is 20.8 Å². The molecule has 33 heavy (non-hydrogen) atoms. The van der Waals surface area contributed by atoms with Crippen LogP contribution in [0.2, 0.25) is 5.02 Å². The fourth-order valence-electron chi connectivity index (χ4n) is 2.87. The SMILES string of the molecule is CN(C(=O)c1cc(NC(=O)c2cc(F)c(F)cc2Cl)[nH]n1)c1ccc(-c2noc(=S)[nH]2)cc1. The second-order valence-electron chi connectivity index (χ2n) is 6.72. The molecule has 168 valence electrons. The number of H-pyrrole nitrogens is 2. The van der Waals surface area contributed by atoms with E-state index in [0.29, 0.717) is 29.2 Å². The normalized spacial score (nSPS) is 10.8. The van der Waals surface area contributed by atoms with Crippen LogP contribution in [0.5, 0.6) is 0 Å². The van der Waals surface area contributed by atoms with Gasteiger partial charge >= 0.3 is 0 Å². The van der Waals surface area contributed by atoms with Crippen LogP contribution in [0.25, 0.3) is 11.4 Å². The molecule has 2 aromatic carbocycles. The van der Waals surface area contributed by atoms with E-state index in [-0.39, 0.29) is 26.9 Å². The van der Waals surface area contributed by atoms with Crippen LogP contribution in [0.3, 0.4) is 0 Å². The van der Waals surface area contributed by atoms with Crippen molar-refractivity contribution in [3.63, 3.8) is 0 Å². The third-order valence-electron chi connectivity index (χ3n) is 4.57. The minimum Gasteiger partial charge on any atom is -0.324 e. The number of carbonyl (C=O) groups is 2. The monoisotopic (exact) mass is 490 g/mol. The number of aromatic amines is 2. The molecule has 0 fully saturated rings. The molecule has 2 aromatic heterocycles. The summed E-state index contributed by atoms with van der Waals surface area (Å²) in [6.45, 7) is 0. The lowest BCUT2D eigenvalue weighted by atomic mass is 10.2. The van der Waals surface area contributed by atoms with Crippen LogP contribution in [-0.4, -0.2) is 39.2 Å². The maximum Gasteiger partial charge on any atom is 0.295 e. The molecule has 4 aromatic rings. The Labute approximate surface area is 194 Å². The van der Waals surface area contributed by atoms with Crippen LogP contribution in [-0.2, 0) is 0 Å². The molecule has 13 heteroatoms. The van der Waals surface area contributed by atoms with Crippen molar-refractivity contribution in [1.82, 2.24) is 20.3 Å². The van der Waals surface area contributed by atoms with E-state index in [9.17, 15) is 18.4 Å². The third-order valence-corrected chi connectivity index (χ3v) is 5.06. The summed E-state index contributed by atoms with van der Waals surface area (Å²) in [5, 5.41) is 12.3. The molecule has 0 bridgehead atoms. The van der Waals surface area contributed by atoms with Gasteiger partial charge in [0.05, 0.1) is 10.6 Å². The Bertz CT molecular complexity index is 1420. The van der Waals surface area contributed by atoms with Gasteiger partial charge in [-0.15, -0.1) is 0 Å². The molecule has 0 saturated heterocycles. The maximum atomic E-state index is 13.4. The van der Waals surface area contributed by atoms with E-state index < -0.39 is 23.4 Å². The zero-order valence-corrected chi connectivity index (χ0v) is 18.2. The number of nitrogens with one attached hydrogen (secondary N) is 3. The Hall–Kier alpha value is -3.90. The van der Waals surface area contributed by atoms with E-state index in [1.165, 1.54) is 11.0 Å². The number of hydrogen-bond acceptors (Lipinski definition) is 6. The van der Waals surface area contributed by atoms with Gasteiger partial charge in [0.15, 0.2) is 23.2 Å². The summed E-state index contributed by atoms with van der Waals surface area (Å²) in [4.78, 5) is 29.4. The Morgan fingerprint density at radius 1 is 1.15 bits per heavy atom. The smallest absolute Gasteiger partial charge is 0.295 e. The zero-order chi connectivity index (χ0) is 23.7. The summed E-state index contributed by atoms with van der Waals surface area (Å²) in [6, 6.07) is 9.52. The van der Waals surface area contributed by atoms with Crippen LogP contribution in [0, 0.1) is 16.5 Å². The van der Waals surface area contributed by atoms with Crippen LogP contribution < -0.4 is 10.2 Å². The molecule has 0 aliphatic heterocycles. The predicted molar refractivity (Wildman–Crippen MR) is 118 cm³/mol. The number of carbonyl (C=O) groups excluding carboxylic acids is 2. The molecule has 0 radical (unpaired) electrons. The Balaban J connectivity index is 1.46. The lowest BCUT2D eigenvalue weighted by molar-refractivity contribution is 0.0986. The summed E-state index contributed by atoms with van der Waals surface area (Å²) in [5.74, 6) is -3.15. The van der Waals surface area contributed by atoms with Gasteiger partial charge in [0.1, 0.15) is 5.82 Å². The van der Waals surface area contributed by atoms with Crippen molar-refractivity contribution in [2.75, 3.05) is 17.3 Å². The number of hydrogen-bond donors (Lipinski definition) is 3. The molecule has 0 atom stereocenters. The van der Waals surface area contributed by atoms with E-state index in [1.54, 1.807) is 31.3 Å². The van der Waals surface area contributed by atoms with Crippen molar-refractivity contribution in [1.29, 1.82) is 0 Å². The average Bonchev–Trinajstić information content (AvgIpc) is 3.44. The second kappa shape index (κ2) is 8.92. The summed E-state index contributed by atoms with van der Waals surface area (Å²) < 4.78 is 31.5. The third kappa shape index (κ3) is 4.66. The molecular weight excluding hydrogens is 478 g/mol. The van der Waals surface area contributed by atoms with Gasteiger partial charge < -0.3 is 14.7 Å². The Morgan fingerprint density at radius 2 is 1.85 bits per heavy atom. The molecule has 0 spiro atoms. The summed E-state index contributed by atoms with van der Waals surface area (Å²) in [7, 11) is 1.55. The van der Waals surface area contributed by atoms with E-state index >= 15 is 0 Å². The second-order valence-corrected chi connectivity index (χ2v) is 7.50. The predicted octanol–water partition coefficient (Wildman–Crippen LogP) is 4.58. The van der Waals surface area contributed by atoms with Crippen LogP contribution in [0.4, 0.5) is 20.3 Å². The first-order valence-corrected chi connectivity index (χ1v) is 9.97. The lowest BCUT2D eigenvalue weighted by Crippen LogP contribution is -2.26. The zero-order valence-electron chi connectivity index (χ0n) is 16.6. The van der Waals surface area contributed by atoms with Crippen molar-refractivity contribution >= 4 is 47.1 Å². The van der Waals surface area contributed by atoms with Crippen LogP contribution in [0.15, 0.2) is 47.0 Å². The van der Waals surface area contributed by atoms with Crippen molar-refractivity contribution in [2.24, 2.45) is 0 Å². The van der Waals surface area contributed by atoms with Crippen molar-refractivity contribution in [2.45, 2.75) is 0 Å². The molecule has 4 rings (SSSR count). The van der Waals surface area contributed by atoms with E-state index in [1.807, 2.05) is 0 Å². The summed E-state index contributed by atoms with van der Waals surface area (Å²) >= 11 is 10.7. The highest BCUT2D eigenvalue weighted by atomic mass is 35.5. The van der Waals surface area contributed by atoms with Gasteiger partial charge in [0.25, 0.3) is 16.7 Å². The molecule has 2 amide bonds. The van der Waals surface area contributed by atoms with Crippen molar-refractivity contribution < 1.29 is 22.9 Å². The standard InChI is InChI=1S/C20H13ClF2N6O3S/c1-29(10-4-2-9(3-5-10)17-25-20(33)32-28-17)19(31)15-8-16(27-26-15)24-18(30)11-6-13(22)14(23)7-12(11)21/h2-8H,1H3,(H,25,28,33)(H2,24,26,27,30). The first-order chi connectivity index (χ1) is 15.7. The number of aromatic nitrogens is 4. The number of rotatable bonds is 5. The first-order valence-electron chi connectivity index (χ1n) is 9.18. The highest BCUT2D eigenvalue weighted by Crippen LogP contribution is 2.23. The molecule has 2 heterocycles. The van der Waals surface area contributed by atoms with Gasteiger partial charge in [0, 0.05) is 24.4 Å². The van der Waals surface area contributed by atoms with Gasteiger partial charge in [-0.25, -0.2) is 8.78 Å². The number of amides is 2. The number of anilines is 2. The average molecular weight is 491 g/mol. The molecule has 3 N–H and O–H groups in total. The molecule has 0 aliphatic carbocycles. The molecule has 9 nitrogen and oxygen atoms in total. The minimum atomic E-state index is -1.22. The molecule has 0 aliphatic rings. The topological polar surface area (TPSA) is 120 Å². The van der Waals surface area contributed by atoms with Gasteiger partial charge in [-0.1, -0.05) is 16.8 Å². The van der Waals surface area contributed by atoms with E-state index in [2.05, 4.69) is 25.7 Å². The first kappa shape index (κ1) is 22.3. The summed E-state index contributed by atoms with van der Waals surface area (Å²) in [5.41, 5.74) is 1.00. The quantitative estimate of drug-likeness (QED) is 0.278. The largest absolute Gasteiger partial charge is 0.324 e. The molecule has 0 unspecified atom stereocenters. The lowest BCUT2D eigenvalue weighted by Gasteiger charge is -2.16. The van der Waals surface area contributed by atoms with Gasteiger partial charge in [-0.2, -0.15) is 5.10 Å². The highest BCUT2D eigenvalue weighted by molar-refractivity contribution is 7.71. The van der Waals surface area contributed by atoms with E-state index in [4.69, 9.17) is 28.3 Å². The number of halogens is 3. The Kier molecular flexibility index (Phi) is 6.03. The fraction of sp³-hybridized carbons (Fsp3) is 0.0500. The Morgan fingerprint density at radius 3 is 2.52 bits per heavy atom. The molecular formula is C20H13ClF2N6O3S. The van der Waals surface area contributed by atoms with Gasteiger partial charge in [-0.3, -0.25) is 19.7 Å². The van der Waals surface area contributed by atoms with Crippen molar-refractivity contribution in [3.8, 4) is 11.4 Å². The van der Waals surface area contributed by atoms with Gasteiger partial charge in [0.2, 0.25) is 0 Å². The number of benzene rings is 2. The van der Waals surface area contributed by atoms with E-state index in [0.717, 1.165) is 0 Å². The van der Waals surface area contributed by atoms with Gasteiger partial charge in [-0.05, 0) is 48.6 Å². The fourth-order valence-corrected chi connectivity index (χ4v) is 3.24. The highest BCUT2D eigenvalue weighted by Gasteiger charge is 2.20. The number of nitrogens with zero attached hydrogens (tertiary/aromatic N) is 3. The minimum absolute atomic E-state index is 0.00819. The van der Waals surface area contributed by atoms with Crippen LogP contribution >= 0.6 is 23.8 Å². The summed E-state index contributed by atoms with van der Waals surface area (Å²) in [6.07, 6.45) is 0.